The molecule has 0 bridgehead atoms. The maximum Gasteiger partial charge on any atom is 0.0193 e. The summed E-state index contributed by atoms with van der Waals surface area (Å²) in [6.07, 6.45) is 8.78. The van der Waals surface area contributed by atoms with Crippen molar-refractivity contribution in [2.24, 2.45) is 5.92 Å². The number of halogens is 1. The Morgan fingerprint density at radius 3 is 2.54 bits per heavy atom. The third-order valence-corrected chi connectivity index (χ3v) is 4.39. The molecule has 0 aromatic carbocycles. The molecule has 1 nitrogen and oxygen atoms in total. The molecule has 0 aromatic rings. The van der Waals surface area contributed by atoms with Crippen molar-refractivity contribution in [3.8, 4) is 0 Å². The van der Waals surface area contributed by atoms with Crippen molar-refractivity contribution >= 4 is 15.9 Å². The van der Waals surface area contributed by atoms with E-state index in [0.717, 1.165) is 12.0 Å². The summed E-state index contributed by atoms with van der Waals surface area (Å²) < 4.78 is 0. The van der Waals surface area contributed by atoms with Crippen LogP contribution in [0.5, 0.6) is 0 Å². The van der Waals surface area contributed by atoms with E-state index in [9.17, 15) is 0 Å². The molecule has 2 fully saturated rings. The number of nitrogens with zero attached hydrogens (tertiary/aromatic N) is 1. The van der Waals surface area contributed by atoms with E-state index in [1.165, 1.54) is 56.9 Å². The molecule has 1 aliphatic carbocycles. The summed E-state index contributed by atoms with van der Waals surface area (Å²) in [5.74, 6) is 1.03. The number of hydrogen-bond donors (Lipinski definition) is 0. The monoisotopic (exact) mass is 245 g/mol. The molecule has 0 N–H and O–H groups in total. The van der Waals surface area contributed by atoms with Crippen LogP contribution in [0, 0.1) is 5.92 Å². The first-order chi connectivity index (χ1) is 6.40. The highest BCUT2D eigenvalue weighted by Crippen LogP contribution is 2.28. The average molecular weight is 246 g/mol. The van der Waals surface area contributed by atoms with Crippen molar-refractivity contribution < 1.29 is 0 Å². The average Bonchev–Trinajstić information content (AvgIpc) is 2.76. The van der Waals surface area contributed by atoms with Gasteiger partial charge in [-0.2, -0.15) is 0 Å². The first-order valence-corrected chi connectivity index (χ1v) is 6.82. The molecule has 1 saturated heterocycles. The van der Waals surface area contributed by atoms with Crippen LogP contribution in [0.2, 0.25) is 0 Å². The van der Waals surface area contributed by atoms with E-state index in [2.05, 4.69) is 20.8 Å². The van der Waals surface area contributed by atoms with Gasteiger partial charge in [0.2, 0.25) is 0 Å². The molecule has 1 saturated carbocycles. The van der Waals surface area contributed by atoms with E-state index >= 15 is 0 Å². The largest absolute Gasteiger partial charge is 0.299 e. The lowest BCUT2D eigenvalue weighted by Gasteiger charge is -2.25. The predicted octanol–water partition coefficient (Wildman–Crippen LogP) is 3.04. The molecule has 0 radical (unpaired) electrons. The standard InChI is InChI=1S/C11H20BrN/c12-8-11-6-3-7-13(11)9-10-4-1-2-5-10/h10-11H,1-9H2. The molecule has 1 atom stereocenters. The Bertz CT molecular complexity index is 154. The van der Waals surface area contributed by atoms with Crippen LogP contribution < -0.4 is 0 Å². The van der Waals surface area contributed by atoms with Crippen LogP contribution in [0.15, 0.2) is 0 Å². The van der Waals surface area contributed by atoms with Crippen molar-refractivity contribution in [2.75, 3.05) is 18.4 Å². The van der Waals surface area contributed by atoms with Gasteiger partial charge >= 0.3 is 0 Å². The van der Waals surface area contributed by atoms with Crippen LogP contribution in [0.25, 0.3) is 0 Å². The molecule has 2 aliphatic rings. The van der Waals surface area contributed by atoms with Crippen LogP contribution in [0.1, 0.15) is 38.5 Å². The minimum absolute atomic E-state index is 0.848. The zero-order valence-corrected chi connectivity index (χ0v) is 9.93. The van der Waals surface area contributed by atoms with Gasteiger partial charge < -0.3 is 0 Å². The number of hydrogen-bond acceptors (Lipinski definition) is 1. The summed E-state index contributed by atoms with van der Waals surface area (Å²) in [7, 11) is 0. The normalized spacial score (nSPS) is 31.6. The maximum absolute atomic E-state index is 3.62. The molecule has 1 unspecified atom stereocenters. The minimum atomic E-state index is 0.848. The molecule has 1 aliphatic heterocycles. The lowest BCUT2D eigenvalue weighted by Crippen LogP contribution is -2.34. The number of likely N-dealkylation sites (tertiary alicyclic amines) is 1. The van der Waals surface area contributed by atoms with Gasteiger partial charge in [-0.25, -0.2) is 0 Å². The summed E-state index contributed by atoms with van der Waals surface area (Å²) in [4.78, 5) is 2.71. The summed E-state index contributed by atoms with van der Waals surface area (Å²) in [6, 6.07) is 0.848. The Kier molecular flexibility index (Phi) is 3.67. The highest BCUT2D eigenvalue weighted by molar-refractivity contribution is 9.09. The van der Waals surface area contributed by atoms with E-state index in [0.29, 0.717) is 0 Å². The van der Waals surface area contributed by atoms with Gasteiger partial charge in [0.1, 0.15) is 0 Å². The first kappa shape index (κ1) is 9.97. The lowest BCUT2D eigenvalue weighted by molar-refractivity contribution is 0.230. The quantitative estimate of drug-likeness (QED) is 0.692. The number of alkyl halides is 1. The van der Waals surface area contributed by atoms with Gasteiger partial charge in [-0.05, 0) is 38.1 Å². The summed E-state index contributed by atoms with van der Waals surface area (Å²) in [6.45, 7) is 2.74. The van der Waals surface area contributed by atoms with Crippen LogP contribution >= 0.6 is 15.9 Å². The molecule has 76 valence electrons. The molecule has 2 rings (SSSR count). The Hall–Kier alpha value is 0.440. The van der Waals surface area contributed by atoms with E-state index in [-0.39, 0.29) is 0 Å². The fraction of sp³-hybridized carbons (Fsp3) is 1.00. The highest BCUT2D eigenvalue weighted by Gasteiger charge is 2.26. The maximum atomic E-state index is 3.62. The molecular weight excluding hydrogens is 226 g/mol. The van der Waals surface area contributed by atoms with E-state index in [4.69, 9.17) is 0 Å². The zero-order chi connectivity index (χ0) is 9.10. The molecular formula is C11H20BrN. The van der Waals surface area contributed by atoms with Crippen LogP contribution in [0.3, 0.4) is 0 Å². The SMILES string of the molecule is BrCC1CCCN1CC1CCCC1. The van der Waals surface area contributed by atoms with E-state index < -0.39 is 0 Å². The second-order valence-electron chi connectivity index (χ2n) is 4.60. The van der Waals surface area contributed by atoms with Gasteiger partial charge in [-0.15, -0.1) is 0 Å². The molecule has 2 heteroatoms. The van der Waals surface area contributed by atoms with Gasteiger partial charge in [0.15, 0.2) is 0 Å². The van der Waals surface area contributed by atoms with Crippen LogP contribution in [-0.4, -0.2) is 29.4 Å². The molecule has 1 heterocycles. The van der Waals surface area contributed by atoms with Crippen molar-refractivity contribution in [2.45, 2.75) is 44.6 Å². The summed E-state index contributed by atoms with van der Waals surface area (Å²) in [5, 5.41) is 1.18. The van der Waals surface area contributed by atoms with Gasteiger partial charge in [0.05, 0.1) is 0 Å². The molecule has 0 aromatic heterocycles. The van der Waals surface area contributed by atoms with E-state index in [1.54, 1.807) is 0 Å². The van der Waals surface area contributed by atoms with Crippen LogP contribution in [-0.2, 0) is 0 Å². The van der Waals surface area contributed by atoms with Crippen molar-refractivity contribution in [3.05, 3.63) is 0 Å². The van der Waals surface area contributed by atoms with Crippen molar-refractivity contribution in [3.63, 3.8) is 0 Å². The molecule has 0 spiro atoms. The van der Waals surface area contributed by atoms with Crippen molar-refractivity contribution in [1.82, 2.24) is 4.90 Å². The van der Waals surface area contributed by atoms with Gasteiger partial charge in [-0.3, -0.25) is 4.90 Å². The Morgan fingerprint density at radius 1 is 1.08 bits per heavy atom. The van der Waals surface area contributed by atoms with Crippen LogP contribution in [0.4, 0.5) is 0 Å². The van der Waals surface area contributed by atoms with Gasteiger partial charge in [-0.1, -0.05) is 28.8 Å². The Morgan fingerprint density at radius 2 is 1.85 bits per heavy atom. The highest BCUT2D eigenvalue weighted by atomic mass is 79.9. The lowest BCUT2D eigenvalue weighted by atomic mass is 10.1. The number of rotatable bonds is 3. The Labute approximate surface area is 90.0 Å². The fourth-order valence-electron chi connectivity index (χ4n) is 2.83. The second kappa shape index (κ2) is 4.79. The smallest absolute Gasteiger partial charge is 0.0193 e. The van der Waals surface area contributed by atoms with Crippen molar-refractivity contribution in [1.29, 1.82) is 0 Å². The summed E-state index contributed by atoms with van der Waals surface area (Å²) >= 11 is 3.62. The topological polar surface area (TPSA) is 3.24 Å². The predicted molar refractivity (Wildman–Crippen MR) is 60.3 cm³/mol. The minimum Gasteiger partial charge on any atom is -0.299 e. The molecule has 13 heavy (non-hydrogen) atoms. The first-order valence-electron chi connectivity index (χ1n) is 5.70. The van der Waals surface area contributed by atoms with E-state index in [1.807, 2.05) is 0 Å². The van der Waals surface area contributed by atoms with Gasteiger partial charge in [0, 0.05) is 17.9 Å². The second-order valence-corrected chi connectivity index (χ2v) is 5.24. The molecule has 0 amide bonds. The third-order valence-electron chi connectivity index (χ3n) is 3.64. The summed E-state index contributed by atoms with van der Waals surface area (Å²) in [5.41, 5.74) is 0. The van der Waals surface area contributed by atoms with Gasteiger partial charge in [0.25, 0.3) is 0 Å². The Balaban J connectivity index is 1.79. The zero-order valence-electron chi connectivity index (χ0n) is 8.34. The third kappa shape index (κ3) is 2.47. The fourth-order valence-corrected chi connectivity index (χ4v) is 3.57.